The van der Waals surface area contributed by atoms with Crippen molar-refractivity contribution in [1.82, 2.24) is 5.32 Å². The fourth-order valence-electron chi connectivity index (χ4n) is 1.25. The summed E-state index contributed by atoms with van der Waals surface area (Å²) in [4.78, 5) is 11.5. The maximum absolute atomic E-state index is 11.5. The molecule has 0 heterocycles. The Balaban J connectivity index is 2.49. The van der Waals surface area contributed by atoms with E-state index >= 15 is 0 Å². The lowest BCUT2D eigenvalue weighted by atomic mass is 10.2. The normalized spacial score (nSPS) is 10.2. The van der Waals surface area contributed by atoms with Crippen LogP contribution in [0.3, 0.4) is 0 Å². The van der Waals surface area contributed by atoms with E-state index < -0.39 is 0 Å². The number of amides is 2. The number of carbonyl (C=O) groups excluding carboxylic acids is 1. The molecule has 88 valence electrons. The van der Waals surface area contributed by atoms with Crippen molar-refractivity contribution in [1.29, 1.82) is 0 Å². The zero-order valence-corrected chi connectivity index (χ0v) is 9.79. The Kier molecular flexibility index (Phi) is 4.79. The predicted molar refractivity (Wildman–Crippen MR) is 66.2 cm³/mol. The Morgan fingerprint density at radius 1 is 1.44 bits per heavy atom. The summed E-state index contributed by atoms with van der Waals surface area (Å²) in [6, 6.07) is 7.34. The van der Waals surface area contributed by atoms with E-state index in [0.29, 0.717) is 19.0 Å². The van der Waals surface area contributed by atoms with Crippen LogP contribution in [-0.2, 0) is 6.54 Å². The van der Waals surface area contributed by atoms with Gasteiger partial charge >= 0.3 is 6.03 Å². The lowest BCUT2D eigenvalue weighted by molar-refractivity contribution is 0.251. The number of carbonyl (C=O) groups is 1. The lowest BCUT2D eigenvalue weighted by Gasteiger charge is -2.10. The molecule has 4 heteroatoms. The highest BCUT2D eigenvalue weighted by atomic mass is 16.2. The third-order valence-corrected chi connectivity index (χ3v) is 2.09. The molecular formula is C12H19N3O. The van der Waals surface area contributed by atoms with Crippen LogP contribution < -0.4 is 16.4 Å². The number of nitrogens with one attached hydrogen (secondary N) is 2. The van der Waals surface area contributed by atoms with E-state index in [9.17, 15) is 4.79 Å². The Morgan fingerprint density at radius 3 is 2.81 bits per heavy atom. The molecule has 0 aliphatic heterocycles. The second-order valence-corrected chi connectivity index (χ2v) is 4.13. The minimum atomic E-state index is -0.178. The van der Waals surface area contributed by atoms with Gasteiger partial charge in [0.25, 0.3) is 0 Å². The number of nitrogens with two attached hydrogens (primary N) is 1. The number of urea groups is 1. The highest BCUT2D eigenvalue weighted by Gasteiger charge is 2.02. The van der Waals surface area contributed by atoms with Gasteiger partial charge in [-0.3, -0.25) is 0 Å². The molecule has 0 bridgehead atoms. The minimum Gasteiger partial charge on any atom is -0.338 e. The average molecular weight is 221 g/mol. The molecule has 1 rings (SSSR count). The van der Waals surface area contributed by atoms with Gasteiger partial charge in [0, 0.05) is 18.8 Å². The van der Waals surface area contributed by atoms with Crippen LogP contribution in [0.15, 0.2) is 24.3 Å². The SMILES string of the molecule is CC(C)CNC(=O)Nc1cccc(CN)c1. The first-order valence-corrected chi connectivity index (χ1v) is 5.45. The van der Waals surface area contributed by atoms with Crippen molar-refractivity contribution in [2.24, 2.45) is 11.7 Å². The van der Waals surface area contributed by atoms with Gasteiger partial charge in [-0.1, -0.05) is 26.0 Å². The molecule has 4 N–H and O–H groups in total. The van der Waals surface area contributed by atoms with Crippen LogP contribution in [-0.4, -0.2) is 12.6 Å². The van der Waals surface area contributed by atoms with Gasteiger partial charge in [0.15, 0.2) is 0 Å². The van der Waals surface area contributed by atoms with Gasteiger partial charge in [0.1, 0.15) is 0 Å². The van der Waals surface area contributed by atoms with Crippen LogP contribution in [0.2, 0.25) is 0 Å². The topological polar surface area (TPSA) is 67.2 Å². The van der Waals surface area contributed by atoms with E-state index in [2.05, 4.69) is 24.5 Å². The molecule has 0 unspecified atom stereocenters. The molecule has 16 heavy (non-hydrogen) atoms. The molecule has 0 aliphatic carbocycles. The second kappa shape index (κ2) is 6.12. The summed E-state index contributed by atoms with van der Waals surface area (Å²) in [6.45, 7) is 5.25. The van der Waals surface area contributed by atoms with E-state index in [-0.39, 0.29) is 6.03 Å². The summed E-state index contributed by atoms with van der Waals surface area (Å²) < 4.78 is 0. The lowest BCUT2D eigenvalue weighted by Crippen LogP contribution is -2.31. The summed E-state index contributed by atoms with van der Waals surface area (Å²) in [5.74, 6) is 0.445. The first kappa shape index (κ1) is 12.5. The van der Waals surface area contributed by atoms with Gasteiger partial charge in [0.05, 0.1) is 0 Å². The van der Waals surface area contributed by atoms with Crippen LogP contribution in [0.1, 0.15) is 19.4 Å². The summed E-state index contributed by atoms with van der Waals surface area (Å²) in [5.41, 5.74) is 7.29. The summed E-state index contributed by atoms with van der Waals surface area (Å²) in [6.07, 6.45) is 0. The van der Waals surface area contributed by atoms with E-state index in [1.807, 2.05) is 24.3 Å². The van der Waals surface area contributed by atoms with Crippen LogP contribution in [0.25, 0.3) is 0 Å². The Labute approximate surface area is 96.2 Å². The molecule has 0 aromatic heterocycles. The summed E-state index contributed by atoms with van der Waals surface area (Å²) in [7, 11) is 0. The van der Waals surface area contributed by atoms with Gasteiger partial charge in [-0.25, -0.2) is 4.79 Å². The van der Waals surface area contributed by atoms with E-state index in [1.165, 1.54) is 0 Å². The van der Waals surface area contributed by atoms with Gasteiger partial charge in [-0.15, -0.1) is 0 Å². The second-order valence-electron chi connectivity index (χ2n) is 4.13. The molecule has 0 spiro atoms. The Hall–Kier alpha value is -1.55. The fraction of sp³-hybridized carbons (Fsp3) is 0.417. The highest BCUT2D eigenvalue weighted by molar-refractivity contribution is 5.89. The van der Waals surface area contributed by atoms with E-state index in [4.69, 9.17) is 5.73 Å². The number of anilines is 1. The first-order chi connectivity index (χ1) is 7.61. The van der Waals surface area contributed by atoms with Crippen LogP contribution in [0, 0.1) is 5.92 Å². The third-order valence-electron chi connectivity index (χ3n) is 2.09. The van der Waals surface area contributed by atoms with Gasteiger partial charge < -0.3 is 16.4 Å². The standard InChI is InChI=1S/C12H19N3O/c1-9(2)8-14-12(16)15-11-5-3-4-10(6-11)7-13/h3-6,9H,7-8,13H2,1-2H3,(H2,14,15,16). The average Bonchev–Trinajstić information content (AvgIpc) is 2.26. The molecule has 2 amide bonds. The van der Waals surface area contributed by atoms with Crippen molar-refractivity contribution < 1.29 is 4.79 Å². The first-order valence-electron chi connectivity index (χ1n) is 5.45. The van der Waals surface area contributed by atoms with Gasteiger partial charge in [-0.05, 0) is 23.6 Å². The van der Waals surface area contributed by atoms with Gasteiger partial charge in [-0.2, -0.15) is 0 Å². The van der Waals surface area contributed by atoms with E-state index in [1.54, 1.807) is 0 Å². The summed E-state index contributed by atoms with van der Waals surface area (Å²) >= 11 is 0. The van der Waals surface area contributed by atoms with Crippen LogP contribution in [0.4, 0.5) is 10.5 Å². The summed E-state index contributed by atoms with van der Waals surface area (Å²) in [5, 5.41) is 5.55. The predicted octanol–water partition coefficient (Wildman–Crippen LogP) is 1.92. The van der Waals surface area contributed by atoms with Crippen LogP contribution in [0.5, 0.6) is 0 Å². The van der Waals surface area contributed by atoms with Crippen molar-refractivity contribution in [3.63, 3.8) is 0 Å². The molecule has 0 saturated carbocycles. The number of benzene rings is 1. The van der Waals surface area contributed by atoms with Gasteiger partial charge in [0.2, 0.25) is 0 Å². The molecular weight excluding hydrogens is 202 g/mol. The van der Waals surface area contributed by atoms with Crippen LogP contribution >= 0.6 is 0 Å². The largest absolute Gasteiger partial charge is 0.338 e. The Morgan fingerprint density at radius 2 is 2.19 bits per heavy atom. The Bertz CT molecular complexity index is 350. The maximum atomic E-state index is 11.5. The molecule has 0 aliphatic rings. The minimum absolute atomic E-state index is 0.178. The molecule has 4 nitrogen and oxygen atoms in total. The molecule has 1 aromatic rings. The monoisotopic (exact) mass is 221 g/mol. The highest BCUT2D eigenvalue weighted by Crippen LogP contribution is 2.09. The molecule has 0 fully saturated rings. The quantitative estimate of drug-likeness (QED) is 0.727. The zero-order chi connectivity index (χ0) is 12.0. The van der Waals surface area contributed by atoms with Crippen molar-refractivity contribution in [3.8, 4) is 0 Å². The molecule has 1 aromatic carbocycles. The number of hydrogen-bond donors (Lipinski definition) is 3. The third kappa shape index (κ3) is 4.31. The molecule has 0 radical (unpaired) electrons. The van der Waals surface area contributed by atoms with Crippen molar-refractivity contribution >= 4 is 11.7 Å². The zero-order valence-electron chi connectivity index (χ0n) is 9.79. The fourth-order valence-corrected chi connectivity index (χ4v) is 1.25. The maximum Gasteiger partial charge on any atom is 0.319 e. The molecule has 0 atom stereocenters. The molecule has 0 saturated heterocycles. The van der Waals surface area contributed by atoms with Crippen molar-refractivity contribution in [2.75, 3.05) is 11.9 Å². The van der Waals surface area contributed by atoms with Crippen molar-refractivity contribution in [2.45, 2.75) is 20.4 Å². The number of hydrogen-bond acceptors (Lipinski definition) is 2. The number of rotatable bonds is 4. The van der Waals surface area contributed by atoms with E-state index in [0.717, 1.165) is 11.3 Å². The van der Waals surface area contributed by atoms with Crippen molar-refractivity contribution in [3.05, 3.63) is 29.8 Å². The smallest absolute Gasteiger partial charge is 0.319 e.